The molecule has 5 heteroatoms. The fourth-order valence-electron chi connectivity index (χ4n) is 1.99. The molecule has 2 aromatic heterocycles. The van der Waals surface area contributed by atoms with E-state index in [1.54, 1.807) is 11.3 Å². The second kappa shape index (κ2) is 7.20. The number of aromatic nitrogens is 1. The van der Waals surface area contributed by atoms with Crippen LogP contribution in [0.15, 0.2) is 28.1 Å². The normalized spacial score (nSPS) is 10.8. The number of aryl methyl sites for hydroxylation is 1. The first kappa shape index (κ1) is 15.5. The lowest BCUT2D eigenvalue weighted by atomic mass is 10.2. The monoisotopic (exact) mass is 353 g/mol. The summed E-state index contributed by atoms with van der Waals surface area (Å²) in [6, 6.07) is 6.43. The second-order valence-corrected chi connectivity index (χ2v) is 6.69. The summed E-state index contributed by atoms with van der Waals surface area (Å²) in [5, 5.41) is 5.45. The Morgan fingerprint density at radius 3 is 2.80 bits per heavy atom. The topological polar surface area (TPSA) is 28.2 Å². The highest BCUT2D eigenvalue weighted by Crippen LogP contribution is 2.23. The minimum atomic E-state index is 0.884. The van der Waals surface area contributed by atoms with Crippen LogP contribution in [0.2, 0.25) is 0 Å². The zero-order valence-electron chi connectivity index (χ0n) is 12.1. The number of pyridine rings is 1. The predicted molar refractivity (Wildman–Crippen MR) is 90.5 cm³/mol. The number of hydrogen-bond acceptors (Lipinski definition) is 4. The molecule has 0 bridgehead atoms. The Hall–Kier alpha value is -0.910. The van der Waals surface area contributed by atoms with Crippen molar-refractivity contribution in [2.75, 3.05) is 18.5 Å². The summed E-state index contributed by atoms with van der Waals surface area (Å²) in [7, 11) is 2.08. The van der Waals surface area contributed by atoms with E-state index in [4.69, 9.17) is 4.98 Å². The van der Waals surface area contributed by atoms with Crippen LogP contribution in [0.3, 0.4) is 0 Å². The quantitative estimate of drug-likeness (QED) is 0.851. The van der Waals surface area contributed by atoms with Crippen LogP contribution in [-0.4, -0.2) is 18.6 Å². The molecule has 0 atom stereocenters. The highest BCUT2D eigenvalue weighted by atomic mass is 79.9. The molecule has 2 rings (SSSR count). The van der Waals surface area contributed by atoms with E-state index in [2.05, 4.69) is 70.6 Å². The number of hydrogen-bond donors (Lipinski definition) is 1. The molecule has 108 valence electrons. The number of nitrogens with one attached hydrogen (secondary N) is 1. The minimum Gasteiger partial charge on any atom is -0.355 e. The third-order valence-electron chi connectivity index (χ3n) is 3.15. The van der Waals surface area contributed by atoms with Gasteiger partial charge in [0.2, 0.25) is 0 Å². The first-order valence-electron chi connectivity index (χ1n) is 6.71. The van der Waals surface area contributed by atoms with Crippen LogP contribution < -0.4 is 10.2 Å². The predicted octanol–water partition coefficient (Wildman–Crippen LogP) is 3.96. The maximum absolute atomic E-state index is 4.71. The van der Waals surface area contributed by atoms with E-state index >= 15 is 0 Å². The Morgan fingerprint density at radius 2 is 2.20 bits per heavy atom. The molecule has 20 heavy (non-hydrogen) atoms. The van der Waals surface area contributed by atoms with Gasteiger partial charge in [0.1, 0.15) is 5.82 Å². The van der Waals surface area contributed by atoms with Gasteiger partial charge in [-0.3, -0.25) is 0 Å². The number of rotatable bonds is 6. The standard InChI is InChI=1S/C15H20BrN3S/c1-4-17-8-12-5-6-15(18-11(12)2)19(3)9-14-7-13(16)10-20-14/h5-7,10,17H,4,8-9H2,1-3H3. The summed E-state index contributed by atoms with van der Waals surface area (Å²) >= 11 is 5.26. The summed E-state index contributed by atoms with van der Waals surface area (Å²) in [4.78, 5) is 8.22. The second-order valence-electron chi connectivity index (χ2n) is 4.78. The zero-order chi connectivity index (χ0) is 14.5. The summed E-state index contributed by atoms with van der Waals surface area (Å²) in [6.07, 6.45) is 0. The molecule has 0 spiro atoms. The van der Waals surface area contributed by atoms with Gasteiger partial charge >= 0.3 is 0 Å². The Kier molecular flexibility index (Phi) is 5.57. The molecule has 0 fully saturated rings. The summed E-state index contributed by atoms with van der Waals surface area (Å²) in [5.41, 5.74) is 2.37. The van der Waals surface area contributed by atoms with Crippen molar-refractivity contribution in [3.8, 4) is 0 Å². The van der Waals surface area contributed by atoms with E-state index in [9.17, 15) is 0 Å². The SMILES string of the molecule is CCNCc1ccc(N(C)Cc2cc(Br)cs2)nc1C. The highest BCUT2D eigenvalue weighted by molar-refractivity contribution is 9.10. The molecule has 0 saturated heterocycles. The van der Waals surface area contributed by atoms with Crippen molar-refractivity contribution < 1.29 is 0 Å². The van der Waals surface area contributed by atoms with Crippen molar-refractivity contribution in [2.45, 2.75) is 26.9 Å². The molecule has 0 aliphatic rings. The van der Waals surface area contributed by atoms with E-state index in [0.29, 0.717) is 0 Å². The van der Waals surface area contributed by atoms with E-state index in [1.807, 2.05) is 0 Å². The zero-order valence-corrected chi connectivity index (χ0v) is 14.5. The Bertz CT molecular complexity index is 568. The molecule has 0 aliphatic carbocycles. The Balaban J connectivity index is 2.06. The van der Waals surface area contributed by atoms with Crippen molar-refractivity contribution >= 4 is 33.1 Å². The van der Waals surface area contributed by atoms with Gasteiger partial charge in [-0.1, -0.05) is 13.0 Å². The van der Waals surface area contributed by atoms with Crippen LogP contribution in [-0.2, 0) is 13.1 Å². The molecular formula is C15H20BrN3S. The molecule has 0 saturated carbocycles. The van der Waals surface area contributed by atoms with Gasteiger partial charge in [0.25, 0.3) is 0 Å². The molecule has 0 aliphatic heterocycles. The maximum Gasteiger partial charge on any atom is 0.128 e. The fraction of sp³-hybridized carbons (Fsp3) is 0.400. The van der Waals surface area contributed by atoms with Crippen molar-refractivity contribution in [1.29, 1.82) is 0 Å². The third kappa shape index (κ3) is 4.04. The maximum atomic E-state index is 4.71. The first-order valence-corrected chi connectivity index (χ1v) is 8.38. The molecule has 0 amide bonds. The fourth-order valence-corrected chi connectivity index (χ4v) is 3.49. The lowest BCUT2D eigenvalue weighted by molar-refractivity contribution is 0.719. The van der Waals surface area contributed by atoms with Crippen LogP contribution in [0.5, 0.6) is 0 Å². The van der Waals surface area contributed by atoms with E-state index in [1.165, 1.54) is 10.4 Å². The molecule has 2 heterocycles. The molecule has 1 N–H and O–H groups in total. The van der Waals surface area contributed by atoms with Gasteiger partial charge in [-0.15, -0.1) is 11.3 Å². The largest absolute Gasteiger partial charge is 0.355 e. The average molecular weight is 354 g/mol. The van der Waals surface area contributed by atoms with Crippen LogP contribution in [0.1, 0.15) is 23.1 Å². The highest BCUT2D eigenvalue weighted by Gasteiger charge is 2.07. The smallest absolute Gasteiger partial charge is 0.128 e. The number of anilines is 1. The number of thiophene rings is 1. The number of nitrogens with zero attached hydrogens (tertiary/aromatic N) is 2. The van der Waals surface area contributed by atoms with Crippen LogP contribution in [0.4, 0.5) is 5.82 Å². The van der Waals surface area contributed by atoms with E-state index in [0.717, 1.165) is 35.6 Å². The van der Waals surface area contributed by atoms with Gasteiger partial charge in [0.05, 0.1) is 6.54 Å². The Morgan fingerprint density at radius 1 is 1.40 bits per heavy atom. The first-order chi connectivity index (χ1) is 9.60. The molecule has 0 unspecified atom stereocenters. The molecule has 3 nitrogen and oxygen atoms in total. The van der Waals surface area contributed by atoms with Crippen molar-refractivity contribution in [3.05, 3.63) is 44.2 Å². The van der Waals surface area contributed by atoms with Gasteiger partial charge in [0.15, 0.2) is 0 Å². The van der Waals surface area contributed by atoms with Gasteiger partial charge in [-0.05, 0) is 47.1 Å². The summed E-state index contributed by atoms with van der Waals surface area (Å²) in [5.74, 6) is 1.02. The molecule has 0 radical (unpaired) electrons. The van der Waals surface area contributed by atoms with Crippen molar-refractivity contribution in [3.63, 3.8) is 0 Å². The molecular weight excluding hydrogens is 334 g/mol. The van der Waals surface area contributed by atoms with E-state index < -0.39 is 0 Å². The van der Waals surface area contributed by atoms with Crippen molar-refractivity contribution in [2.24, 2.45) is 0 Å². The lowest BCUT2D eigenvalue weighted by Crippen LogP contribution is -2.18. The van der Waals surface area contributed by atoms with E-state index in [-0.39, 0.29) is 0 Å². The van der Waals surface area contributed by atoms with Crippen molar-refractivity contribution in [1.82, 2.24) is 10.3 Å². The van der Waals surface area contributed by atoms with Crippen LogP contribution in [0.25, 0.3) is 0 Å². The van der Waals surface area contributed by atoms with Crippen LogP contribution >= 0.6 is 27.3 Å². The Labute approximate surface area is 133 Å². The van der Waals surface area contributed by atoms with Gasteiger partial charge in [-0.25, -0.2) is 4.98 Å². The molecule has 2 aromatic rings. The molecule has 0 aromatic carbocycles. The third-order valence-corrected chi connectivity index (χ3v) is 4.83. The lowest BCUT2D eigenvalue weighted by Gasteiger charge is -2.18. The number of halogens is 1. The minimum absolute atomic E-state index is 0.884. The van der Waals surface area contributed by atoms with Gasteiger partial charge in [-0.2, -0.15) is 0 Å². The van der Waals surface area contributed by atoms with Gasteiger partial charge in [0, 0.05) is 34.0 Å². The van der Waals surface area contributed by atoms with Crippen LogP contribution in [0, 0.1) is 6.92 Å². The summed E-state index contributed by atoms with van der Waals surface area (Å²) in [6.45, 7) is 6.94. The summed E-state index contributed by atoms with van der Waals surface area (Å²) < 4.78 is 1.15. The average Bonchev–Trinajstić information content (AvgIpc) is 2.82. The van der Waals surface area contributed by atoms with Gasteiger partial charge < -0.3 is 10.2 Å².